The van der Waals surface area contributed by atoms with Crippen molar-refractivity contribution in [3.63, 3.8) is 0 Å². The number of para-hydroxylation sites is 1. The van der Waals surface area contributed by atoms with Crippen LogP contribution in [-0.4, -0.2) is 39.8 Å². The topological polar surface area (TPSA) is 96.3 Å². The summed E-state index contributed by atoms with van der Waals surface area (Å²) < 4.78 is 11.1. The van der Waals surface area contributed by atoms with Crippen molar-refractivity contribution in [2.24, 2.45) is 0 Å². The molecule has 7 nitrogen and oxygen atoms in total. The summed E-state index contributed by atoms with van der Waals surface area (Å²) in [5.41, 5.74) is -0.223. The van der Waals surface area contributed by atoms with Gasteiger partial charge in [0.25, 0.3) is 0 Å². The predicted molar refractivity (Wildman–Crippen MR) is 116 cm³/mol. The van der Waals surface area contributed by atoms with Gasteiger partial charge in [-0.05, 0) is 35.4 Å². The molecule has 1 heterocycles. The van der Waals surface area contributed by atoms with Gasteiger partial charge in [0.2, 0.25) is 0 Å². The van der Waals surface area contributed by atoms with Crippen molar-refractivity contribution >= 4 is 12.1 Å². The van der Waals surface area contributed by atoms with Gasteiger partial charge in [-0.25, -0.2) is 9.59 Å². The van der Waals surface area contributed by atoms with Crippen LogP contribution in [0.3, 0.4) is 0 Å². The van der Waals surface area contributed by atoms with Crippen LogP contribution in [0, 0.1) is 0 Å². The number of carbonyl (C=O) groups is 2. The Morgan fingerprint density at radius 1 is 0.906 bits per heavy atom. The third-order valence-electron chi connectivity index (χ3n) is 5.43. The van der Waals surface area contributed by atoms with Crippen molar-refractivity contribution in [3.05, 3.63) is 96.1 Å². The lowest BCUT2D eigenvalue weighted by Crippen LogP contribution is -2.41. The maximum Gasteiger partial charge on any atom is 0.410 e. The number of rotatable bonds is 6. The van der Waals surface area contributed by atoms with Gasteiger partial charge in [0.05, 0.1) is 6.54 Å². The summed E-state index contributed by atoms with van der Waals surface area (Å²) in [5, 5.41) is 20.8. The van der Waals surface area contributed by atoms with Crippen molar-refractivity contribution < 1.29 is 29.3 Å². The fourth-order valence-corrected chi connectivity index (χ4v) is 3.77. The van der Waals surface area contributed by atoms with Gasteiger partial charge >= 0.3 is 12.1 Å². The van der Waals surface area contributed by atoms with E-state index in [0.717, 1.165) is 10.5 Å². The van der Waals surface area contributed by atoms with E-state index in [1.54, 1.807) is 36.4 Å². The van der Waals surface area contributed by atoms with Crippen LogP contribution in [-0.2, 0) is 21.7 Å². The summed E-state index contributed by atoms with van der Waals surface area (Å²) in [7, 11) is 0. The van der Waals surface area contributed by atoms with Gasteiger partial charge in [-0.15, -0.1) is 0 Å². The van der Waals surface area contributed by atoms with Crippen molar-refractivity contribution in [1.82, 2.24) is 4.90 Å². The van der Waals surface area contributed by atoms with E-state index in [-0.39, 0.29) is 19.6 Å². The monoisotopic (exact) mass is 433 g/mol. The first kappa shape index (κ1) is 21.4. The Labute approximate surface area is 185 Å². The second-order valence-corrected chi connectivity index (χ2v) is 7.70. The summed E-state index contributed by atoms with van der Waals surface area (Å²) in [4.78, 5) is 25.5. The largest absolute Gasteiger partial charge is 0.480 e. The summed E-state index contributed by atoms with van der Waals surface area (Å²) in [6, 6.07) is 23.9. The summed E-state index contributed by atoms with van der Waals surface area (Å²) in [6.45, 7) is -0.164. The molecule has 7 heteroatoms. The molecule has 1 saturated heterocycles. The molecule has 2 atom stereocenters. The Morgan fingerprint density at radius 2 is 1.50 bits per heavy atom. The molecule has 3 aromatic carbocycles. The molecule has 0 bridgehead atoms. The molecule has 32 heavy (non-hydrogen) atoms. The van der Waals surface area contributed by atoms with E-state index in [0.29, 0.717) is 17.1 Å². The van der Waals surface area contributed by atoms with Gasteiger partial charge in [-0.1, -0.05) is 60.7 Å². The van der Waals surface area contributed by atoms with Crippen molar-refractivity contribution in [1.29, 1.82) is 0 Å². The lowest BCUT2D eigenvalue weighted by atomic mass is 9.91. The zero-order valence-corrected chi connectivity index (χ0v) is 17.3. The fourth-order valence-electron chi connectivity index (χ4n) is 3.77. The van der Waals surface area contributed by atoms with E-state index in [2.05, 4.69) is 0 Å². The second-order valence-electron chi connectivity index (χ2n) is 7.70. The lowest BCUT2D eigenvalue weighted by molar-refractivity contribution is -0.141. The van der Waals surface area contributed by atoms with Crippen LogP contribution in [0.4, 0.5) is 4.79 Å². The SMILES string of the molecule is O=C(O)[C@@H]1CC(O)(c2ccc(Oc3ccccc3)cc2)CN1C(=O)OCc1ccccc1. The number of carboxylic acid groups (broad SMARTS) is 1. The maximum atomic E-state index is 12.6. The molecule has 1 fully saturated rings. The van der Waals surface area contributed by atoms with Crippen LogP contribution in [0.5, 0.6) is 11.5 Å². The second kappa shape index (κ2) is 9.11. The Bertz CT molecular complexity index is 1070. The highest BCUT2D eigenvalue weighted by atomic mass is 16.6. The molecule has 0 spiro atoms. The van der Waals surface area contributed by atoms with E-state index in [1.165, 1.54) is 0 Å². The molecule has 2 N–H and O–H groups in total. The first-order valence-electron chi connectivity index (χ1n) is 10.2. The van der Waals surface area contributed by atoms with Crippen LogP contribution in [0.15, 0.2) is 84.9 Å². The minimum absolute atomic E-state index is 0.0203. The van der Waals surface area contributed by atoms with E-state index in [4.69, 9.17) is 9.47 Å². The van der Waals surface area contributed by atoms with Crippen molar-refractivity contribution in [3.8, 4) is 11.5 Å². The molecule has 0 radical (unpaired) electrons. The summed E-state index contributed by atoms with van der Waals surface area (Å²) in [5.74, 6) is 0.0650. The Kier molecular flexibility index (Phi) is 6.09. The van der Waals surface area contributed by atoms with Gasteiger partial charge in [0.1, 0.15) is 29.7 Å². The number of nitrogens with zero attached hydrogens (tertiary/aromatic N) is 1. The van der Waals surface area contributed by atoms with E-state index in [1.807, 2.05) is 48.5 Å². The number of likely N-dealkylation sites (tertiary alicyclic amines) is 1. The molecule has 0 saturated carbocycles. The normalized spacial score (nSPS) is 20.0. The Balaban J connectivity index is 1.46. The van der Waals surface area contributed by atoms with Crippen LogP contribution >= 0.6 is 0 Å². The average Bonchev–Trinajstić information content (AvgIpc) is 3.19. The first-order chi connectivity index (χ1) is 15.4. The number of hydrogen-bond acceptors (Lipinski definition) is 5. The van der Waals surface area contributed by atoms with Crippen molar-refractivity contribution in [2.75, 3.05) is 6.54 Å². The van der Waals surface area contributed by atoms with E-state index >= 15 is 0 Å². The minimum Gasteiger partial charge on any atom is -0.480 e. The molecule has 0 aliphatic carbocycles. The van der Waals surface area contributed by atoms with Crippen LogP contribution in [0.25, 0.3) is 0 Å². The highest BCUT2D eigenvalue weighted by Crippen LogP contribution is 2.37. The third kappa shape index (κ3) is 4.73. The highest BCUT2D eigenvalue weighted by molar-refractivity contribution is 5.81. The van der Waals surface area contributed by atoms with Gasteiger partial charge in [-0.3, -0.25) is 4.90 Å². The number of hydrogen-bond donors (Lipinski definition) is 2. The number of benzene rings is 3. The van der Waals surface area contributed by atoms with Crippen molar-refractivity contribution in [2.45, 2.75) is 24.7 Å². The minimum atomic E-state index is -1.51. The zero-order chi connectivity index (χ0) is 22.6. The van der Waals surface area contributed by atoms with E-state index < -0.39 is 23.7 Å². The van der Waals surface area contributed by atoms with Crippen LogP contribution < -0.4 is 4.74 Å². The number of carboxylic acids is 1. The molecule has 1 aliphatic heterocycles. The summed E-state index contributed by atoms with van der Waals surface area (Å²) >= 11 is 0. The van der Waals surface area contributed by atoms with Gasteiger partial charge < -0.3 is 19.7 Å². The molecule has 164 valence electrons. The standard InChI is InChI=1S/C25H23NO6/c27-23(28)22-15-25(30,17-26(22)24(29)31-16-18-7-3-1-4-8-18)19-11-13-21(14-12-19)32-20-9-5-2-6-10-20/h1-14,22,30H,15-17H2,(H,27,28)/t22-,25?/m0/s1. The molecule has 4 rings (SSSR count). The number of ether oxygens (including phenoxy) is 2. The van der Waals surface area contributed by atoms with Gasteiger partial charge in [0.15, 0.2) is 0 Å². The molecule has 1 unspecified atom stereocenters. The number of β-amino-alcohol motifs (C(OH)–C–C–N with tert-alkyl or cyclic N) is 1. The van der Waals surface area contributed by atoms with E-state index in [9.17, 15) is 19.8 Å². The Hall–Kier alpha value is -3.84. The first-order valence-corrected chi connectivity index (χ1v) is 10.2. The lowest BCUT2D eigenvalue weighted by Gasteiger charge is -2.24. The molecule has 3 aromatic rings. The summed E-state index contributed by atoms with van der Waals surface area (Å²) in [6.07, 6.45) is -0.914. The van der Waals surface area contributed by atoms with Crippen LogP contribution in [0.2, 0.25) is 0 Å². The Morgan fingerprint density at radius 3 is 2.12 bits per heavy atom. The molecule has 1 amide bonds. The number of aliphatic carboxylic acids is 1. The van der Waals surface area contributed by atoms with Gasteiger partial charge in [-0.2, -0.15) is 0 Å². The average molecular weight is 433 g/mol. The molecule has 0 aromatic heterocycles. The molecular weight excluding hydrogens is 410 g/mol. The smallest absolute Gasteiger partial charge is 0.410 e. The number of aliphatic hydroxyl groups is 1. The van der Waals surface area contributed by atoms with Gasteiger partial charge in [0, 0.05) is 6.42 Å². The number of carbonyl (C=O) groups excluding carboxylic acids is 1. The molecule has 1 aliphatic rings. The highest BCUT2D eigenvalue weighted by Gasteiger charge is 2.49. The third-order valence-corrected chi connectivity index (χ3v) is 5.43. The fraction of sp³-hybridized carbons (Fsp3) is 0.200. The number of amides is 1. The predicted octanol–water partition coefficient (Wildman–Crippen LogP) is 4.16. The maximum absolute atomic E-state index is 12.6. The van der Waals surface area contributed by atoms with Crippen LogP contribution in [0.1, 0.15) is 17.5 Å². The zero-order valence-electron chi connectivity index (χ0n) is 17.3. The quantitative estimate of drug-likeness (QED) is 0.606. The molecular formula is C25H23NO6.